The van der Waals surface area contributed by atoms with Gasteiger partial charge in [0, 0.05) is 13.5 Å². The number of esters is 1. The number of carbonyl (C=O) groups excluding carboxylic acids is 1. The molecule has 0 aromatic heterocycles. The molecule has 0 amide bonds. The maximum atomic E-state index is 11.7. The van der Waals surface area contributed by atoms with Gasteiger partial charge in [0.05, 0.1) is 17.8 Å². The molecule has 0 aliphatic rings. The quantitative estimate of drug-likeness (QED) is 0.639. The molecule has 0 aliphatic heterocycles. The molecule has 0 aliphatic carbocycles. The standard InChI is InChI=1S/C16H32O4/c1-14(2,3)20-13(17)9-10-16(6,7)19-12-11-15(4,5)18-8/h9-12H2,1-8H3. The molecule has 0 aromatic rings. The summed E-state index contributed by atoms with van der Waals surface area (Å²) >= 11 is 0. The van der Waals surface area contributed by atoms with E-state index in [1.165, 1.54) is 0 Å². The molecule has 0 N–H and O–H groups in total. The normalized spacial score (nSPS) is 13.4. The largest absolute Gasteiger partial charge is 0.460 e. The Morgan fingerprint density at radius 1 is 0.900 bits per heavy atom. The highest BCUT2D eigenvalue weighted by molar-refractivity contribution is 5.69. The Morgan fingerprint density at radius 2 is 1.45 bits per heavy atom. The summed E-state index contributed by atoms with van der Waals surface area (Å²) in [4.78, 5) is 11.7. The molecule has 0 saturated carbocycles. The van der Waals surface area contributed by atoms with Crippen LogP contribution in [-0.4, -0.2) is 36.5 Å². The SMILES string of the molecule is COC(C)(C)CCOC(C)(C)CCC(=O)OC(C)(C)C. The third-order valence-corrected chi connectivity index (χ3v) is 3.10. The molecule has 0 rings (SSSR count). The lowest BCUT2D eigenvalue weighted by Gasteiger charge is -2.29. The fourth-order valence-corrected chi connectivity index (χ4v) is 1.54. The van der Waals surface area contributed by atoms with Gasteiger partial charge in [-0.3, -0.25) is 4.79 Å². The average Bonchev–Trinajstić information content (AvgIpc) is 2.24. The van der Waals surface area contributed by atoms with E-state index in [1.54, 1.807) is 7.11 Å². The summed E-state index contributed by atoms with van der Waals surface area (Å²) in [7, 11) is 1.70. The Hall–Kier alpha value is -0.610. The minimum absolute atomic E-state index is 0.175. The summed E-state index contributed by atoms with van der Waals surface area (Å²) in [6.07, 6.45) is 1.84. The van der Waals surface area contributed by atoms with Crippen LogP contribution < -0.4 is 0 Å². The lowest BCUT2D eigenvalue weighted by atomic mass is 10.0. The lowest BCUT2D eigenvalue weighted by Crippen LogP contribution is -2.31. The van der Waals surface area contributed by atoms with Crippen molar-refractivity contribution < 1.29 is 19.0 Å². The van der Waals surface area contributed by atoms with E-state index in [-0.39, 0.29) is 17.2 Å². The van der Waals surface area contributed by atoms with E-state index in [4.69, 9.17) is 14.2 Å². The second kappa shape index (κ2) is 7.41. The van der Waals surface area contributed by atoms with E-state index in [0.717, 1.165) is 6.42 Å². The topological polar surface area (TPSA) is 44.8 Å². The van der Waals surface area contributed by atoms with Gasteiger partial charge < -0.3 is 14.2 Å². The van der Waals surface area contributed by atoms with Crippen molar-refractivity contribution in [2.45, 2.75) is 84.5 Å². The van der Waals surface area contributed by atoms with Crippen LogP contribution in [-0.2, 0) is 19.0 Å². The molecule has 0 unspecified atom stereocenters. The molecule has 0 aromatic carbocycles. The number of ether oxygens (including phenoxy) is 3. The molecule has 0 atom stereocenters. The van der Waals surface area contributed by atoms with Crippen molar-refractivity contribution in [1.29, 1.82) is 0 Å². The predicted molar refractivity (Wildman–Crippen MR) is 80.8 cm³/mol. The number of carbonyl (C=O) groups is 1. The number of hydrogen-bond donors (Lipinski definition) is 0. The van der Waals surface area contributed by atoms with Gasteiger partial charge in [-0.2, -0.15) is 0 Å². The van der Waals surface area contributed by atoms with Gasteiger partial charge in [0.25, 0.3) is 0 Å². The van der Waals surface area contributed by atoms with Gasteiger partial charge in [-0.25, -0.2) is 0 Å². The maximum Gasteiger partial charge on any atom is 0.306 e. The van der Waals surface area contributed by atoms with E-state index >= 15 is 0 Å². The van der Waals surface area contributed by atoms with Crippen molar-refractivity contribution >= 4 is 5.97 Å². The van der Waals surface area contributed by atoms with Crippen molar-refractivity contribution in [2.75, 3.05) is 13.7 Å². The molecule has 20 heavy (non-hydrogen) atoms. The van der Waals surface area contributed by atoms with Gasteiger partial charge in [0.15, 0.2) is 0 Å². The first-order chi connectivity index (χ1) is 8.87. The lowest BCUT2D eigenvalue weighted by molar-refractivity contribution is -0.156. The second-order valence-electron chi connectivity index (χ2n) is 7.41. The highest BCUT2D eigenvalue weighted by Crippen LogP contribution is 2.21. The second-order valence-corrected chi connectivity index (χ2v) is 7.41. The van der Waals surface area contributed by atoms with Crippen LogP contribution in [0.3, 0.4) is 0 Å². The van der Waals surface area contributed by atoms with Crippen LogP contribution in [0.15, 0.2) is 0 Å². The van der Waals surface area contributed by atoms with Gasteiger partial charge in [-0.05, 0) is 61.3 Å². The zero-order valence-corrected chi connectivity index (χ0v) is 14.5. The van der Waals surface area contributed by atoms with Crippen LogP contribution in [0.1, 0.15) is 67.7 Å². The molecular weight excluding hydrogens is 256 g/mol. The van der Waals surface area contributed by atoms with Crippen LogP contribution in [0.25, 0.3) is 0 Å². The van der Waals surface area contributed by atoms with Gasteiger partial charge >= 0.3 is 5.97 Å². The van der Waals surface area contributed by atoms with Crippen LogP contribution in [0.5, 0.6) is 0 Å². The number of methoxy groups -OCH3 is 1. The first-order valence-electron chi connectivity index (χ1n) is 7.28. The molecular formula is C16H32O4. The van der Waals surface area contributed by atoms with Crippen molar-refractivity contribution in [3.63, 3.8) is 0 Å². The van der Waals surface area contributed by atoms with Crippen LogP contribution in [0.2, 0.25) is 0 Å². The molecule has 0 heterocycles. The molecule has 0 radical (unpaired) electrons. The van der Waals surface area contributed by atoms with Crippen LogP contribution >= 0.6 is 0 Å². The van der Waals surface area contributed by atoms with Crippen LogP contribution in [0.4, 0.5) is 0 Å². The van der Waals surface area contributed by atoms with Gasteiger partial charge in [-0.1, -0.05) is 0 Å². The summed E-state index contributed by atoms with van der Waals surface area (Å²) in [5.74, 6) is -0.175. The van der Waals surface area contributed by atoms with E-state index in [0.29, 0.717) is 19.4 Å². The minimum Gasteiger partial charge on any atom is -0.460 e. The van der Waals surface area contributed by atoms with Crippen molar-refractivity contribution in [3.05, 3.63) is 0 Å². The first-order valence-corrected chi connectivity index (χ1v) is 7.28. The smallest absolute Gasteiger partial charge is 0.306 e. The summed E-state index contributed by atoms with van der Waals surface area (Å²) in [6.45, 7) is 14.3. The Kier molecular flexibility index (Phi) is 7.19. The molecule has 0 fully saturated rings. The van der Waals surface area contributed by atoms with E-state index < -0.39 is 5.60 Å². The number of rotatable bonds is 8. The van der Waals surface area contributed by atoms with E-state index in [2.05, 4.69) is 0 Å². The van der Waals surface area contributed by atoms with Crippen molar-refractivity contribution in [3.8, 4) is 0 Å². The van der Waals surface area contributed by atoms with E-state index in [9.17, 15) is 4.79 Å². The van der Waals surface area contributed by atoms with Gasteiger partial charge in [-0.15, -0.1) is 0 Å². The highest BCUT2D eigenvalue weighted by Gasteiger charge is 2.24. The molecule has 0 bridgehead atoms. The Balaban J connectivity index is 4.04. The Morgan fingerprint density at radius 3 is 1.90 bits per heavy atom. The number of hydrogen-bond acceptors (Lipinski definition) is 4. The molecule has 120 valence electrons. The zero-order valence-electron chi connectivity index (χ0n) is 14.5. The summed E-state index contributed by atoms with van der Waals surface area (Å²) < 4.78 is 16.5. The highest BCUT2D eigenvalue weighted by atomic mass is 16.6. The van der Waals surface area contributed by atoms with E-state index in [1.807, 2.05) is 48.5 Å². The Labute approximate surface area is 124 Å². The zero-order chi connectivity index (χ0) is 16.0. The third kappa shape index (κ3) is 10.2. The molecule has 0 saturated heterocycles. The monoisotopic (exact) mass is 288 g/mol. The summed E-state index contributed by atoms with van der Waals surface area (Å²) in [5, 5.41) is 0. The predicted octanol–water partition coefficient (Wildman–Crippen LogP) is 3.72. The first kappa shape index (κ1) is 19.4. The van der Waals surface area contributed by atoms with Gasteiger partial charge in [0.2, 0.25) is 0 Å². The van der Waals surface area contributed by atoms with Crippen LogP contribution in [0, 0.1) is 0 Å². The van der Waals surface area contributed by atoms with Gasteiger partial charge in [0.1, 0.15) is 5.60 Å². The van der Waals surface area contributed by atoms with Crippen molar-refractivity contribution in [2.24, 2.45) is 0 Å². The molecule has 0 spiro atoms. The maximum absolute atomic E-state index is 11.7. The fourth-order valence-electron chi connectivity index (χ4n) is 1.54. The summed E-state index contributed by atoms with van der Waals surface area (Å²) in [5.41, 5.74) is -0.938. The van der Waals surface area contributed by atoms with Crippen molar-refractivity contribution in [1.82, 2.24) is 0 Å². The third-order valence-electron chi connectivity index (χ3n) is 3.10. The molecule has 4 nitrogen and oxygen atoms in total. The average molecular weight is 288 g/mol. The minimum atomic E-state index is -0.426. The molecule has 4 heteroatoms. The fraction of sp³-hybridized carbons (Fsp3) is 0.938. The summed E-state index contributed by atoms with van der Waals surface area (Å²) in [6, 6.07) is 0. The Bertz CT molecular complexity index is 300.